The van der Waals surface area contributed by atoms with Gasteiger partial charge in [-0.1, -0.05) is 20.8 Å². The smallest absolute Gasteiger partial charge is 0.250 e. The maximum Gasteiger partial charge on any atom is 0.250 e. The molecule has 0 saturated heterocycles. The lowest BCUT2D eigenvalue weighted by Crippen LogP contribution is -2.25. The van der Waals surface area contributed by atoms with Gasteiger partial charge in [-0.25, -0.2) is 4.98 Å². The first-order chi connectivity index (χ1) is 12.2. The van der Waals surface area contributed by atoms with Crippen LogP contribution in [0.5, 0.6) is 0 Å². The summed E-state index contributed by atoms with van der Waals surface area (Å²) in [6.07, 6.45) is 8.39. The van der Waals surface area contributed by atoms with Crippen LogP contribution in [-0.4, -0.2) is 20.4 Å². The van der Waals surface area contributed by atoms with Crippen LogP contribution in [-0.2, 0) is 11.3 Å². The molecule has 3 aromatic rings. The van der Waals surface area contributed by atoms with Crippen molar-refractivity contribution in [2.24, 2.45) is 11.1 Å². The van der Waals surface area contributed by atoms with Crippen LogP contribution in [0.3, 0.4) is 0 Å². The maximum atomic E-state index is 12.1. The summed E-state index contributed by atoms with van der Waals surface area (Å²) in [4.78, 5) is 30.6. The highest BCUT2D eigenvalue weighted by atomic mass is 16.1. The summed E-state index contributed by atoms with van der Waals surface area (Å²) in [6, 6.07) is 5.37. The maximum absolute atomic E-state index is 12.1. The number of rotatable bonds is 4. The van der Waals surface area contributed by atoms with Gasteiger partial charge in [0.1, 0.15) is 5.65 Å². The molecular formula is C20H22N4O2. The number of carbonyl (C=O) groups excluding carboxylic acids is 1. The van der Waals surface area contributed by atoms with Crippen molar-refractivity contribution in [3.63, 3.8) is 0 Å². The number of H-pyrrole nitrogens is 1. The largest absolute Gasteiger partial charge is 0.366 e. The van der Waals surface area contributed by atoms with Crippen molar-refractivity contribution in [3.05, 3.63) is 58.8 Å². The Labute approximate surface area is 151 Å². The summed E-state index contributed by atoms with van der Waals surface area (Å²) in [6.45, 7) is 6.91. The topological polar surface area (TPSA) is 93.8 Å². The van der Waals surface area contributed by atoms with E-state index >= 15 is 0 Å². The van der Waals surface area contributed by atoms with Gasteiger partial charge in [0.2, 0.25) is 5.91 Å². The molecule has 0 fully saturated rings. The molecule has 0 unspecified atom stereocenters. The first kappa shape index (κ1) is 17.7. The lowest BCUT2D eigenvalue weighted by atomic mass is 9.96. The highest BCUT2D eigenvalue weighted by Crippen LogP contribution is 2.25. The molecule has 0 aromatic carbocycles. The SMILES string of the molecule is CC(C)(C)Cn1cc(-c2cnc3[nH]cc(C=CC(N)=O)c3c2)ccc1=O. The van der Waals surface area contributed by atoms with Gasteiger partial charge in [0.15, 0.2) is 0 Å². The molecule has 3 rings (SSSR count). The second-order valence-corrected chi connectivity index (χ2v) is 7.54. The number of nitrogens with two attached hydrogens (primary N) is 1. The predicted molar refractivity (Wildman–Crippen MR) is 103 cm³/mol. The minimum absolute atomic E-state index is 0.00197. The van der Waals surface area contributed by atoms with E-state index in [1.165, 1.54) is 6.08 Å². The average molecular weight is 350 g/mol. The van der Waals surface area contributed by atoms with Crippen molar-refractivity contribution in [3.8, 4) is 11.1 Å². The first-order valence-electron chi connectivity index (χ1n) is 8.38. The third kappa shape index (κ3) is 3.91. The Morgan fingerprint density at radius 3 is 2.77 bits per heavy atom. The number of hydrogen-bond donors (Lipinski definition) is 2. The van der Waals surface area contributed by atoms with Crippen molar-refractivity contribution in [1.82, 2.24) is 14.5 Å². The van der Waals surface area contributed by atoms with Crippen LogP contribution in [0.2, 0.25) is 0 Å². The van der Waals surface area contributed by atoms with Crippen molar-refractivity contribution < 1.29 is 4.79 Å². The molecule has 3 aromatic heterocycles. The molecule has 0 radical (unpaired) electrons. The first-order valence-corrected chi connectivity index (χ1v) is 8.38. The molecule has 3 N–H and O–H groups in total. The van der Waals surface area contributed by atoms with Gasteiger partial charge in [0.05, 0.1) is 0 Å². The summed E-state index contributed by atoms with van der Waals surface area (Å²) < 4.78 is 1.73. The van der Waals surface area contributed by atoms with Gasteiger partial charge < -0.3 is 15.3 Å². The fourth-order valence-corrected chi connectivity index (χ4v) is 2.83. The molecule has 6 nitrogen and oxygen atoms in total. The molecule has 0 spiro atoms. The van der Waals surface area contributed by atoms with E-state index in [9.17, 15) is 9.59 Å². The second-order valence-electron chi connectivity index (χ2n) is 7.54. The molecule has 6 heteroatoms. The molecular weight excluding hydrogens is 328 g/mol. The van der Waals surface area contributed by atoms with Crippen LogP contribution in [0.1, 0.15) is 26.3 Å². The highest BCUT2D eigenvalue weighted by Gasteiger charge is 2.13. The van der Waals surface area contributed by atoms with E-state index in [4.69, 9.17) is 5.73 Å². The van der Waals surface area contributed by atoms with Crippen LogP contribution in [0.25, 0.3) is 28.2 Å². The van der Waals surface area contributed by atoms with E-state index in [2.05, 4.69) is 30.7 Å². The number of nitrogens with one attached hydrogen (secondary N) is 1. The molecule has 1 amide bonds. The van der Waals surface area contributed by atoms with Crippen molar-refractivity contribution in [1.29, 1.82) is 0 Å². The minimum atomic E-state index is -0.502. The lowest BCUT2D eigenvalue weighted by molar-refractivity contribution is -0.113. The number of pyridine rings is 2. The van der Waals surface area contributed by atoms with E-state index in [1.807, 2.05) is 12.3 Å². The van der Waals surface area contributed by atoms with Crippen LogP contribution >= 0.6 is 0 Å². The monoisotopic (exact) mass is 350 g/mol. The zero-order valence-corrected chi connectivity index (χ0v) is 15.1. The van der Waals surface area contributed by atoms with Crippen molar-refractivity contribution in [2.75, 3.05) is 0 Å². The van der Waals surface area contributed by atoms with Gasteiger partial charge in [0, 0.05) is 53.8 Å². The molecule has 0 atom stereocenters. The molecule has 0 bridgehead atoms. The second kappa shape index (κ2) is 6.63. The molecule has 134 valence electrons. The summed E-state index contributed by atoms with van der Waals surface area (Å²) in [7, 11) is 0. The summed E-state index contributed by atoms with van der Waals surface area (Å²) >= 11 is 0. The zero-order valence-electron chi connectivity index (χ0n) is 15.1. The Morgan fingerprint density at radius 2 is 2.08 bits per heavy atom. The summed E-state index contributed by atoms with van der Waals surface area (Å²) in [5.41, 5.74) is 8.51. The number of hydrogen-bond acceptors (Lipinski definition) is 3. The van der Waals surface area contributed by atoms with E-state index in [-0.39, 0.29) is 11.0 Å². The van der Waals surface area contributed by atoms with E-state index in [1.54, 1.807) is 35.2 Å². The highest BCUT2D eigenvalue weighted by molar-refractivity contribution is 5.95. The number of primary amides is 1. The number of aromatic amines is 1. The van der Waals surface area contributed by atoms with Crippen LogP contribution in [0.4, 0.5) is 0 Å². The minimum Gasteiger partial charge on any atom is -0.366 e. The Kier molecular flexibility index (Phi) is 4.50. The Bertz CT molecular complexity index is 1050. The van der Waals surface area contributed by atoms with Crippen LogP contribution in [0, 0.1) is 5.41 Å². The van der Waals surface area contributed by atoms with Gasteiger partial charge in [-0.3, -0.25) is 9.59 Å². The average Bonchev–Trinajstić information content (AvgIpc) is 2.96. The van der Waals surface area contributed by atoms with Gasteiger partial charge in [-0.05, 0) is 29.2 Å². The molecule has 26 heavy (non-hydrogen) atoms. The number of amides is 1. The molecule has 0 aliphatic carbocycles. The number of nitrogens with zero attached hydrogens (tertiary/aromatic N) is 2. The molecule has 0 aliphatic rings. The van der Waals surface area contributed by atoms with E-state index in [0.717, 1.165) is 27.7 Å². The summed E-state index contributed by atoms with van der Waals surface area (Å²) in [5.74, 6) is -0.502. The number of carbonyl (C=O) groups is 1. The Hall–Kier alpha value is -3.15. The van der Waals surface area contributed by atoms with Crippen molar-refractivity contribution >= 4 is 23.0 Å². The molecule has 0 saturated carbocycles. The zero-order chi connectivity index (χ0) is 18.9. The van der Waals surface area contributed by atoms with Gasteiger partial charge in [0.25, 0.3) is 5.56 Å². The standard InChI is InChI=1S/C20H22N4O2/c1-20(2,3)12-24-11-14(5-7-18(24)26)15-8-16-13(4-6-17(21)25)9-22-19(16)23-10-15/h4-11H,12H2,1-3H3,(H2,21,25)(H,22,23). The third-order valence-electron chi connectivity index (χ3n) is 3.95. The fraction of sp³-hybridized carbons (Fsp3) is 0.250. The number of aromatic nitrogens is 3. The van der Waals surface area contributed by atoms with E-state index in [0.29, 0.717) is 6.54 Å². The Morgan fingerprint density at radius 1 is 1.31 bits per heavy atom. The van der Waals surface area contributed by atoms with Gasteiger partial charge >= 0.3 is 0 Å². The van der Waals surface area contributed by atoms with Crippen LogP contribution in [0.15, 0.2) is 47.7 Å². The normalized spacial score (nSPS) is 12.1. The quantitative estimate of drug-likeness (QED) is 0.708. The molecule has 3 heterocycles. The van der Waals surface area contributed by atoms with Crippen LogP contribution < -0.4 is 11.3 Å². The fourth-order valence-electron chi connectivity index (χ4n) is 2.83. The molecule has 0 aliphatic heterocycles. The summed E-state index contributed by atoms with van der Waals surface area (Å²) in [5, 5.41) is 0.883. The Balaban J connectivity index is 2.05. The van der Waals surface area contributed by atoms with Crippen molar-refractivity contribution in [2.45, 2.75) is 27.3 Å². The lowest BCUT2D eigenvalue weighted by Gasteiger charge is -2.20. The van der Waals surface area contributed by atoms with E-state index < -0.39 is 5.91 Å². The van der Waals surface area contributed by atoms with Gasteiger partial charge in [-0.15, -0.1) is 0 Å². The third-order valence-corrected chi connectivity index (χ3v) is 3.95. The number of fused-ring (bicyclic) bond motifs is 1. The predicted octanol–water partition coefficient (Wildman–Crippen LogP) is 2.94. The van der Waals surface area contributed by atoms with Gasteiger partial charge in [-0.2, -0.15) is 0 Å².